The molecule has 1 atom stereocenters. The Morgan fingerprint density at radius 3 is 2.47 bits per heavy atom. The zero-order chi connectivity index (χ0) is 11.5. The van der Waals surface area contributed by atoms with Crippen molar-refractivity contribution in [1.82, 2.24) is 4.72 Å². The molecule has 0 amide bonds. The minimum Gasteiger partial charge on any atom is -0.480 e. The van der Waals surface area contributed by atoms with E-state index in [9.17, 15) is 13.2 Å². The SMILES string of the molecule is NC(CNS(=O)(=O)C1CCCC1)C(=O)O. The molecule has 1 aliphatic rings. The zero-order valence-corrected chi connectivity index (χ0v) is 9.16. The van der Waals surface area contributed by atoms with Gasteiger partial charge < -0.3 is 10.8 Å². The van der Waals surface area contributed by atoms with Crippen LogP contribution in [0.25, 0.3) is 0 Å². The van der Waals surface area contributed by atoms with Crippen molar-refractivity contribution < 1.29 is 18.3 Å². The molecule has 0 aromatic heterocycles. The maximum Gasteiger partial charge on any atom is 0.321 e. The Bertz CT molecular complexity index is 322. The molecule has 0 aromatic carbocycles. The Kier molecular flexibility index (Phi) is 4.06. The maximum atomic E-state index is 11.6. The lowest BCUT2D eigenvalue weighted by Crippen LogP contribution is -2.44. The standard InChI is InChI=1S/C8H16N2O4S/c9-7(8(11)12)5-10-15(13,14)6-3-1-2-4-6/h6-7,10H,1-5,9H2,(H,11,12). The van der Waals surface area contributed by atoms with Gasteiger partial charge in [0.05, 0.1) is 5.25 Å². The number of nitrogens with two attached hydrogens (primary N) is 1. The van der Waals surface area contributed by atoms with Gasteiger partial charge in [-0.1, -0.05) is 12.8 Å². The number of carboxylic acids is 1. The molecule has 1 aliphatic carbocycles. The first-order valence-electron chi connectivity index (χ1n) is 4.90. The van der Waals surface area contributed by atoms with E-state index in [0.717, 1.165) is 12.8 Å². The van der Waals surface area contributed by atoms with Crippen molar-refractivity contribution >= 4 is 16.0 Å². The molecule has 0 bridgehead atoms. The van der Waals surface area contributed by atoms with Gasteiger partial charge in [0.25, 0.3) is 0 Å². The average Bonchev–Trinajstić information content (AvgIpc) is 2.67. The second-order valence-corrected chi connectivity index (χ2v) is 5.79. The highest BCUT2D eigenvalue weighted by molar-refractivity contribution is 7.90. The van der Waals surface area contributed by atoms with Crippen LogP contribution in [-0.4, -0.2) is 37.3 Å². The molecule has 0 spiro atoms. The number of sulfonamides is 1. The average molecular weight is 236 g/mol. The van der Waals surface area contributed by atoms with Crippen molar-refractivity contribution in [2.24, 2.45) is 5.73 Å². The molecule has 1 fully saturated rings. The van der Waals surface area contributed by atoms with Crippen LogP contribution in [0.3, 0.4) is 0 Å². The lowest BCUT2D eigenvalue weighted by atomic mass is 10.3. The lowest BCUT2D eigenvalue weighted by molar-refractivity contribution is -0.138. The lowest BCUT2D eigenvalue weighted by Gasteiger charge is -2.13. The van der Waals surface area contributed by atoms with Crippen molar-refractivity contribution in [2.45, 2.75) is 37.0 Å². The summed E-state index contributed by atoms with van der Waals surface area (Å²) in [6, 6.07) is -1.18. The summed E-state index contributed by atoms with van der Waals surface area (Å²) in [6.07, 6.45) is 3.13. The van der Waals surface area contributed by atoms with Crippen LogP contribution >= 0.6 is 0 Å². The van der Waals surface area contributed by atoms with Crippen LogP contribution in [0.4, 0.5) is 0 Å². The summed E-state index contributed by atoms with van der Waals surface area (Å²) in [6.45, 7) is -0.242. The van der Waals surface area contributed by atoms with Gasteiger partial charge in [0.2, 0.25) is 10.0 Å². The first-order valence-corrected chi connectivity index (χ1v) is 6.45. The highest BCUT2D eigenvalue weighted by atomic mass is 32.2. The Hall–Kier alpha value is -0.660. The predicted octanol–water partition coefficient (Wildman–Crippen LogP) is -0.740. The highest BCUT2D eigenvalue weighted by Gasteiger charge is 2.29. The van der Waals surface area contributed by atoms with E-state index in [1.54, 1.807) is 0 Å². The number of nitrogens with one attached hydrogen (secondary N) is 1. The van der Waals surface area contributed by atoms with E-state index in [-0.39, 0.29) is 11.8 Å². The van der Waals surface area contributed by atoms with Gasteiger partial charge in [-0.15, -0.1) is 0 Å². The number of rotatable bonds is 5. The second kappa shape index (κ2) is 4.91. The Labute approximate surface area is 88.9 Å². The fourth-order valence-corrected chi connectivity index (χ4v) is 3.21. The summed E-state index contributed by atoms with van der Waals surface area (Å²) < 4.78 is 25.4. The normalized spacial score (nSPS) is 20.3. The number of aliphatic carboxylic acids is 1. The van der Waals surface area contributed by atoms with Gasteiger partial charge in [0.1, 0.15) is 6.04 Å². The van der Waals surface area contributed by atoms with E-state index in [0.29, 0.717) is 12.8 Å². The number of hydrogen-bond acceptors (Lipinski definition) is 4. The molecule has 0 aliphatic heterocycles. The Morgan fingerprint density at radius 1 is 1.47 bits per heavy atom. The monoisotopic (exact) mass is 236 g/mol. The molecule has 1 unspecified atom stereocenters. The van der Waals surface area contributed by atoms with Crippen molar-refractivity contribution in [2.75, 3.05) is 6.54 Å². The molecule has 0 heterocycles. The Balaban J connectivity index is 2.46. The molecule has 88 valence electrons. The summed E-state index contributed by atoms with van der Waals surface area (Å²) in [5, 5.41) is 8.11. The molecule has 6 nitrogen and oxygen atoms in total. The third-order valence-corrected chi connectivity index (χ3v) is 4.48. The van der Waals surface area contributed by atoms with Crippen molar-refractivity contribution in [3.8, 4) is 0 Å². The van der Waals surface area contributed by atoms with Crippen molar-refractivity contribution in [1.29, 1.82) is 0 Å². The molecule has 1 saturated carbocycles. The minimum atomic E-state index is -3.38. The summed E-state index contributed by atoms with van der Waals surface area (Å²) in [4.78, 5) is 10.4. The fourth-order valence-electron chi connectivity index (χ4n) is 1.61. The first kappa shape index (κ1) is 12.4. The highest BCUT2D eigenvalue weighted by Crippen LogP contribution is 2.23. The zero-order valence-electron chi connectivity index (χ0n) is 8.35. The third-order valence-electron chi connectivity index (χ3n) is 2.56. The largest absolute Gasteiger partial charge is 0.480 e. The van der Waals surface area contributed by atoms with Gasteiger partial charge in [0.15, 0.2) is 0 Å². The second-order valence-electron chi connectivity index (χ2n) is 3.74. The summed E-state index contributed by atoms with van der Waals surface area (Å²) in [5.74, 6) is -1.20. The maximum absolute atomic E-state index is 11.6. The minimum absolute atomic E-state index is 0.242. The van der Waals surface area contributed by atoms with Crippen LogP contribution in [0, 0.1) is 0 Å². The number of carboxylic acid groups (broad SMARTS) is 1. The topological polar surface area (TPSA) is 109 Å². The predicted molar refractivity (Wildman–Crippen MR) is 54.8 cm³/mol. The van der Waals surface area contributed by atoms with E-state index >= 15 is 0 Å². The van der Waals surface area contributed by atoms with Gasteiger partial charge in [-0.3, -0.25) is 4.79 Å². The van der Waals surface area contributed by atoms with Gasteiger partial charge >= 0.3 is 5.97 Å². The third kappa shape index (κ3) is 3.44. The van der Waals surface area contributed by atoms with E-state index in [4.69, 9.17) is 10.8 Å². The van der Waals surface area contributed by atoms with Crippen LogP contribution in [0.2, 0.25) is 0 Å². The smallest absolute Gasteiger partial charge is 0.321 e. The number of hydrogen-bond donors (Lipinski definition) is 3. The quantitative estimate of drug-likeness (QED) is 0.582. The fraction of sp³-hybridized carbons (Fsp3) is 0.875. The van der Waals surface area contributed by atoms with Gasteiger partial charge in [0, 0.05) is 6.54 Å². The summed E-state index contributed by atoms with van der Waals surface area (Å²) in [7, 11) is -3.38. The van der Waals surface area contributed by atoms with Gasteiger partial charge in [-0.05, 0) is 12.8 Å². The molecule has 4 N–H and O–H groups in total. The molecule has 1 rings (SSSR count). The summed E-state index contributed by atoms with van der Waals surface area (Å²) >= 11 is 0. The molecule has 0 aromatic rings. The van der Waals surface area contributed by atoms with Crippen LogP contribution < -0.4 is 10.5 Å². The van der Waals surface area contributed by atoms with E-state index in [2.05, 4.69) is 4.72 Å². The molecular formula is C8H16N2O4S. The summed E-state index contributed by atoms with van der Waals surface area (Å²) in [5.41, 5.74) is 5.20. The molecule has 15 heavy (non-hydrogen) atoms. The van der Waals surface area contributed by atoms with E-state index in [1.165, 1.54) is 0 Å². The van der Waals surface area contributed by atoms with E-state index < -0.39 is 22.0 Å². The van der Waals surface area contributed by atoms with Crippen LogP contribution in [0.1, 0.15) is 25.7 Å². The van der Waals surface area contributed by atoms with E-state index in [1.807, 2.05) is 0 Å². The van der Waals surface area contributed by atoms with Crippen molar-refractivity contribution in [3.63, 3.8) is 0 Å². The number of carbonyl (C=O) groups is 1. The van der Waals surface area contributed by atoms with Crippen LogP contribution in [0.5, 0.6) is 0 Å². The molecular weight excluding hydrogens is 220 g/mol. The van der Waals surface area contributed by atoms with Crippen molar-refractivity contribution in [3.05, 3.63) is 0 Å². The molecule has 0 radical (unpaired) electrons. The molecule has 0 saturated heterocycles. The van der Waals surface area contributed by atoms with Gasteiger partial charge in [-0.25, -0.2) is 13.1 Å². The van der Waals surface area contributed by atoms with Crippen LogP contribution in [0.15, 0.2) is 0 Å². The Morgan fingerprint density at radius 2 is 2.00 bits per heavy atom. The first-order chi connectivity index (χ1) is 6.93. The molecule has 7 heteroatoms. The van der Waals surface area contributed by atoms with Crippen LogP contribution in [-0.2, 0) is 14.8 Å². The van der Waals surface area contributed by atoms with Gasteiger partial charge in [-0.2, -0.15) is 0 Å².